The number of ether oxygens (including phenoxy) is 2. The third kappa shape index (κ3) is 5.42. The molecule has 0 radical (unpaired) electrons. The van der Waals surface area contributed by atoms with Crippen LogP contribution in [0.1, 0.15) is 11.6 Å². The van der Waals surface area contributed by atoms with E-state index in [1.165, 1.54) is 5.56 Å². The molecule has 0 aromatic heterocycles. The second kappa shape index (κ2) is 9.52. The molecular weight excluding hydrogens is 346 g/mol. The maximum Gasteiger partial charge on any atom is 0.171 e. The summed E-state index contributed by atoms with van der Waals surface area (Å²) < 4.78 is 10.7. The van der Waals surface area contributed by atoms with Crippen molar-refractivity contribution in [1.82, 2.24) is 10.2 Å². The molecule has 1 atom stereocenters. The monoisotopic (exact) mass is 371 g/mol. The molecule has 1 saturated heterocycles. The molecule has 0 bridgehead atoms. The largest absolute Gasteiger partial charge is 0.497 e. The van der Waals surface area contributed by atoms with Gasteiger partial charge in [0.25, 0.3) is 0 Å². The molecule has 0 aliphatic carbocycles. The number of benzene rings is 2. The van der Waals surface area contributed by atoms with Crippen LogP contribution in [0.4, 0.5) is 5.69 Å². The van der Waals surface area contributed by atoms with E-state index in [0.717, 1.165) is 44.3 Å². The first kappa shape index (κ1) is 18.6. The van der Waals surface area contributed by atoms with Crippen molar-refractivity contribution in [2.45, 2.75) is 6.04 Å². The van der Waals surface area contributed by atoms with Crippen molar-refractivity contribution in [3.63, 3.8) is 0 Å². The van der Waals surface area contributed by atoms with Crippen molar-refractivity contribution in [2.75, 3.05) is 45.3 Å². The van der Waals surface area contributed by atoms with Crippen LogP contribution in [0.3, 0.4) is 0 Å². The van der Waals surface area contributed by atoms with E-state index < -0.39 is 0 Å². The van der Waals surface area contributed by atoms with Crippen LogP contribution in [0.15, 0.2) is 54.6 Å². The molecule has 1 heterocycles. The maximum absolute atomic E-state index is 5.55. The molecule has 0 unspecified atom stereocenters. The predicted octanol–water partition coefficient (Wildman–Crippen LogP) is 3.06. The van der Waals surface area contributed by atoms with Crippen molar-refractivity contribution >= 4 is 23.0 Å². The third-order valence-corrected chi connectivity index (χ3v) is 4.60. The van der Waals surface area contributed by atoms with Crippen molar-refractivity contribution in [3.8, 4) is 5.75 Å². The number of hydrogen-bond acceptors (Lipinski definition) is 4. The van der Waals surface area contributed by atoms with Gasteiger partial charge in [0.1, 0.15) is 5.75 Å². The van der Waals surface area contributed by atoms with Crippen molar-refractivity contribution in [1.29, 1.82) is 0 Å². The molecule has 26 heavy (non-hydrogen) atoms. The SMILES string of the molecule is COc1cccc(NC(=S)N[C@@H](CN2CCOCC2)c2ccccc2)c1. The zero-order valence-electron chi connectivity index (χ0n) is 15.0. The lowest BCUT2D eigenvalue weighted by atomic mass is 10.1. The lowest BCUT2D eigenvalue weighted by molar-refractivity contribution is 0.0344. The van der Waals surface area contributed by atoms with Crippen LogP contribution in [-0.4, -0.2) is 50.0 Å². The number of thiocarbonyl (C=S) groups is 1. The van der Waals surface area contributed by atoms with Crippen LogP contribution >= 0.6 is 12.2 Å². The first-order valence-electron chi connectivity index (χ1n) is 8.81. The number of anilines is 1. The minimum atomic E-state index is 0.111. The second-order valence-electron chi connectivity index (χ2n) is 6.21. The van der Waals surface area contributed by atoms with Crippen LogP contribution < -0.4 is 15.4 Å². The number of morpholine rings is 1. The van der Waals surface area contributed by atoms with Crippen LogP contribution in [-0.2, 0) is 4.74 Å². The van der Waals surface area contributed by atoms with Crippen molar-refractivity contribution in [3.05, 3.63) is 60.2 Å². The normalized spacial score (nSPS) is 15.9. The van der Waals surface area contributed by atoms with Gasteiger partial charge in [0.05, 0.1) is 26.4 Å². The average molecular weight is 372 g/mol. The summed E-state index contributed by atoms with van der Waals surface area (Å²) in [6, 6.07) is 18.3. The smallest absolute Gasteiger partial charge is 0.171 e. The van der Waals surface area contributed by atoms with Crippen LogP contribution in [0, 0.1) is 0 Å². The molecule has 2 aromatic carbocycles. The van der Waals surface area contributed by atoms with Crippen molar-refractivity contribution < 1.29 is 9.47 Å². The van der Waals surface area contributed by atoms with Gasteiger partial charge in [-0.15, -0.1) is 0 Å². The van der Waals surface area contributed by atoms with Gasteiger partial charge in [0.15, 0.2) is 5.11 Å². The van der Waals surface area contributed by atoms with Gasteiger partial charge in [-0.05, 0) is 29.9 Å². The Morgan fingerprint density at radius 2 is 1.92 bits per heavy atom. The molecule has 1 aliphatic rings. The first-order chi connectivity index (χ1) is 12.7. The number of methoxy groups -OCH3 is 1. The van der Waals surface area contributed by atoms with E-state index in [0.29, 0.717) is 5.11 Å². The summed E-state index contributed by atoms with van der Waals surface area (Å²) in [6.07, 6.45) is 0. The fourth-order valence-corrected chi connectivity index (χ4v) is 3.25. The molecule has 0 amide bonds. The van der Waals surface area contributed by atoms with E-state index in [4.69, 9.17) is 21.7 Å². The van der Waals surface area contributed by atoms with Crippen LogP contribution in [0.25, 0.3) is 0 Å². The highest BCUT2D eigenvalue weighted by molar-refractivity contribution is 7.80. The summed E-state index contributed by atoms with van der Waals surface area (Å²) in [7, 11) is 1.66. The second-order valence-corrected chi connectivity index (χ2v) is 6.61. The number of hydrogen-bond donors (Lipinski definition) is 2. The Balaban J connectivity index is 1.66. The van der Waals surface area contributed by atoms with Gasteiger partial charge in [-0.25, -0.2) is 0 Å². The Hall–Kier alpha value is -2.15. The zero-order chi connectivity index (χ0) is 18.2. The van der Waals surface area contributed by atoms with E-state index in [1.807, 2.05) is 30.3 Å². The standard InChI is InChI=1S/C20H25N3O2S/c1-24-18-9-5-8-17(14-18)21-20(26)22-19(16-6-3-2-4-7-16)15-23-10-12-25-13-11-23/h2-9,14,19H,10-13,15H2,1H3,(H2,21,22,26)/t19-/m0/s1. The highest BCUT2D eigenvalue weighted by Crippen LogP contribution is 2.18. The van der Waals surface area contributed by atoms with Gasteiger partial charge in [-0.2, -0.15) is 0 Å². The van der Waals surface area contributed by atoms with E-state index in [9.17, 15) is 0 Å². The molecule has 6 heteroatoms. The predicted molar refractivity (Wildman–Crippen MR) is 109 cm³/mol. The fraction of sp³-hybridized carbons (Fsp3) is 0.350. The summed E-state index contributed by atoms with van der Waals surface area (Å²) in [6.45, 7) is 4.34. The number of rotatable bonds is 6. The summed E-state index contributed by atoms with van der Waals surface area (Å²) in [4.78, 5) is 2.41. The Labute approximate surface area is 160 Å². The van der Waals surface area contributed by atoms with E-state index in [-0.39, 0.29) is 6.04 Å². The minimum Gasteiger partial charge on any atom is -0.497 e. The molecule has 5 nitrogen and oxygen atoms in total. The first-order valence-corrected chi connectivity index (χ1v) is 9.22. The summed E-state index contributed by atoms with van der Waals surface area (Å²) in [5.74, 6) is 0.797. The number of nitrogens with zero attached hydrogens (tertiary/aromatic N) is 1. The van der Waals surface area contributed by atoms with E-state index >= 15 is 0 Å². The molecular formula is C20H25N3O2S. The van der Waals surface area contributed by atoms with Gasteiger partial charge in [-0.3, -0.25) is 4.90 Å². The van der Waals surface area contributed by atoms with Crippen molar-refractivity contribution in [2.24, 2.45) is 0 Å². The molecule has 1 aliphatic heterocycles. The van der Waals surface area contributed by atoms with Gasteiger partial charge in [0.2, 0.25) is 0 Å². The van der Waals surface area contributed by atoms with Gasteiger partial charge >= 0.3 is 0 Å². The molecule has 0 saturated carbocycles. The third-order valence-electron chi connectivity index (χ3n) is 4.38. The zero-order valence-corrected chi connectivity index (χ0v) is 15.8. The Morgan fingerprint density at radius 1 is 1.15 bits per heavy atom. The molecule has 138 valence electrons. The quantitative estimate of drug-likeness (QED) is 0.761. The Kier molecular flexibility index (Phi) is 6.82. The lowest BCUT2D eigenvalue weighted by Gasteiger charge is -2.31. The highest BCUT2D eigenvalue weighted by Gasteiger charge is 2.19. The summed E-state index contributed by atoms with van der Waals surface area (Å²) in [5.41, 5.74) is 2.12. The summed E-state index contributed by atoms with van der Waals surface area (Å²) in [5, 5.41) is 7.31. The minimum absolute atomic E-state index is 0.111. The molecule has 0 spiro atoms. The number of nitrogens with one attached hydrogen (secondary N) is 2. The highest BCUT2D eigenvalue weighted by atomic mass is 32.1. The molecule has 2 aromatic rings. The van der Waals surface area contributed by atoms with E-state index in [1.54, 1.807) is 7.11 Å². The maximum atomic E-state index is 5.55. The Morgan fingerprint density at radius 3 is 2.65 bits per heavy atom. The van der Waals surface area contributed by atoms with Crippen LogP contribution in [0.5, 0.6) is 5.75 Å². The molecule has 3 rings (SSSR count). The lowest BCUT2D eigenvalue weighted by Crippen LogP contribution is -2.44. The summed E-state index contributed by atoms with van der Waals surface area (Å²) >= 11 is 5.55. The van der Waals surface area contributed by atoms with Gasteiger partial charge < -0.3 is 20.1 Å². The average Bonchev–Trinajstić information content (AvgIpc) is 2.69. The molecule has 1 fully saturated rings. The Bertz CT molecular complexity index is 705. The molecule has 2 N–H and O–H groups in total. The van der Waals surface area contributed by atoms with Crippen LogP contribution in [0.2, 0.25) is 0 Å². The topological polar surface area (TPSA) is 45.8 Å². The fourth-order valence-electron chi connectivity index (χ4n) is 2.99. The van der Waals surface area contributed by atoms with Gasteiger partial charge in [-0.1, -0.05) is 36.4 Å². The van der Waals surface area contributed by atoms with Gasteiger partial charge in [0, 0.05) is 31.4 Å². The van der Waals surface area contributed by atoms with E-state index in [2.05, 4.69) is 39.8 Å².